The molecule has 4 rings (SSSR count). The molecule has 27 heavy (non-hydrogen) atoms. The van der Waals surface area contributed by atoms with E-state index in [0.717, 1.165) is 43.6 Å². The molecule has 1 atom stereocenters. The van der Waals surface area contributed by atoms with Gasteiger partial charge in [-0.05, 0) is 37.3 Å². The topological polar surface area (TPSA) is 44.5 Å². The maximum atomic E-state index is 9.60. The molecule has 6 heteroatoms. The van der Waals surface area contributed by atoms with Gasteiger partial charge in [0.2, 0.25) is 0 Å². The molecule has 0 aromatic carbocycles. The van der Waals surface area contributed by atoms with E-state index in [2.05, 4.69) is 37.7 Å². The Morgan fingerprint density at radius 2 is 2.07 bits per heavy atom. The van der Waals surface area contributed by atoms with Crippen LogP contribution < -0.4 is 0 Å². The van der Waals surface area contributed by atoms with Crippen molar-refractivity contribution in [3.05, 3.63) is 35.6 Å². The molecule has 0 radical (unpaired) electrons. The van der Waals surface area contributed by atoms with E-state index in [-0.39, 0.29) is 6.61 Å². The van der Waals surface area contributed by atoms with Crippen molar-refractivity contribution in [2.45, 2.75) is 51.1 Å². The Kier molecular flexibility index (Phi) is 6.60. The molecule has 148 valence electrons. The van der Waals surface area contributed by atoms with E-state index in [0.29, 0.717) is 6.04 Å². The van der Waals surface area contributed by atoms with Gasteiger partial charge in [0.25, 0.3) is 0 Å². The highest BCUT2D eigenvalue weighted by atomic mass is 32.1. The smallest absolute Gasteiger partial charge is 0.193 e. The lowest BCUT2D eigenvalue weighted by Gasteiger charge is -2.43. The van der Waals surface area contributed by atoms with Crippen LogP contribution in [0.3, 0.4) is 0 Å². The van der Waals surface area contributed by atoms with E-state index in [1.165, 1.54) is 44.3 Å². The van der Waals surface area contributed by atoms with Crippen molar-refractivity contribution in [1.82, 2.24) is 19.4 Å². The highest BCUT2D eigenvalue weighted by Gasteiger charge is 2.29. The minimum atomic E-state index is 0.287. The lowest BCUT2D eigenvalue weighted by molar-refractivity contribution is 0.0393. The van der Waals surface area contributed by atoms with Crippen molar-refractivity contribution in [3.63, 3.8) is 0 Å². The number of hydrogen-bond donors (Lipinski definition) is 1. The van der Waals surface area contributed by atoms with Crippen molar-refractivity contribution in [3.8, 4) is 5.13 Å². The summed E-state index contributed by atoms with van der Waals surface area (Å²) in [5.41, 5.74) is 1.30. The third-order valence-corrected chi connectivity index (χ3v) is 6.98. The van der Waals surface area contributed by atoms with Crippen LogP contribution in [-0.4, -0.2) is 63.3 Å². The molecule has 2 aromatic heterocycles. The first-order valence-electron chi connectivity index (χ1n) is 10.5. The molecular formula is C21H32N4OS. The number of thiazole rings is 1. The molecule has 1 aliphatic heterocycles. The number of aliphatic hydroxyl groups is 1. The summed E-state index contributed by atoms with van der Waals surface area (Å²) in [7, 11) is 0. The number of aliphatic hydroxyl groups excluding tert-OH is 1. The molecule has 0 spiro atoms. The van der Waals surface area contributed by atoms with E-state index in [4.69, 9.17) is 0 Å². The van der Waals surface area contributed by atoms with Gasteiger partial charge in [-0.15, -0.1) is 11.3 Å². The van der Waals surface area contributed by atoms with Crippen molar-refractivity contribution < 1.29 is 5.11 Å². The zero-order chi connectivity index (χ0) is 18.5. The quantitative estimate of drug-likeness (QED) is 0.790. The first kappa shape index (κ1) is 19.1. The molecule has 3 heterocycles. The van der Waals surface area contributed by atoms with Crippen molar-refractivity contribution >= 4 is 11.3 Å². The summed E-state index contributed by atoms with van der Waals surface area (Å²) in [6.45, 7) is 5.75. The molecule has 1 saturated heterocycles. The van der Waals surface area contributed by atoms with Crippen LogP contribution in [0.1, 0.15) is 44.2 Å². The van der Waals surface area contributed by atoms with Crippen LogP contribution in [-0.2, 0) is 6.54 Å². The molecular weight excluding hydrogens is 356 g/mol. The maximum absolute atomic E-state index is 9.60. The molecule has 0 unspecified atom stereocenters. The van der Waals surface area contributed by atoms with Crippen molar-refractivity contribution in [2.24, 2.45) is 5.92 Å². The van der Waals surface area contributed by atoms with Crippen LogP contribution in [0.25, 0.3) is 5.13 Å². The molecule has 1 saturated carbocycles. The standard InChI is InChI=1S/C21H32N4OS/c26-13-8-19-16-23(11-12-24(19)15-18-5-2-1-3-6-18)17-20-7-4-10-25(20)21-22-9-14-27-21/h4,7,9-10,14,18-19,26H,1-3,5-6,8,11-13,15-17H2/t19-/m1/s1. The second kappa shape index (κ2) is 9.32. The average molecular weight is 389 g/mol. The van der Waals surface area contributed by atoms with Gasteiger partial charge in [-0.3, -0.25) is 14.4 Å². The van der Waals surface area contributed by atoms with Crippen molar-refractivity contribution in [1.29, 1.82) is 0 Å². The molecule has 2 aromatic rings. The zero-order valence-electron chi connectivity index (χ0n) is 16.2. The van der Waals surface area contributed by atoms with E-state index >= 15 is 0 Å². The Hall–Kier alpha value is -1.21. The van der Waals surface area contributed by atoms with Crippen LogP contribution in [0.4, 0.5) is 0 Å². The van der Waals surface area contributed by atoms with Crippen LogP contribution in [0.5, 0.6) is 0 Å². The van der Waals surface area contributed by atoms with Gasteiger partial charge in [0.05, 0.1) is 0 Å². The lowest BCUT2D eigenvalue weighted by atomic mass is 9.88. The van der Waals surface area contributed by atoms with Gasteiger partial charge in [0, 0.05) is 68.8 Å². The van der Waals surface area contributed by atoms with Crippen molar-refractivity contribution in [2.75, 3.05) is 32.8 Å². The summed E-state index contributed by atoms with van der Waals surface area (Å²) in [5, 5.41) is 12.7. The van der Waals surface area contributed by atoms with Gasteiger partial charge >= 0.3 is 0 Å². The fraction of sp³-hybridized carbons (Fsp3) is 0.667. The van der Waals surface area contributed by atoms with Crippen LogP contribution >= 0.6 is 11.3 Å². The maximum Gasteiger partial charge on any atom is 0.193 e. The Labute approximate surface area is 166 Å². The minimum absolute atomic E-state index is 0.287. The summed E-state index contributed by atoms with van der Waals surface area (Å²) < 4.78 is 2.21. The van der Waals surface area contributed by atoms with Gasteiger partial charge in [0.1, 0.15) is 0 Å². The molecule has 2 aliphatic rings. The Morgan fingerprint density at radius 1 is 1.19 bits per heavy atom. The van der Waals surface area contributed by atoms with Gasteiger partial charge in [0.15, 0.2) is 5.13 Å². The lowest BCUT2D eigenvalue weighted by Crippen LogP contribution is -2.54. The monoisotopic (exact) mass is 388 g/mol. The number of aromatic nitrogens is 2. The fourth-order valence-electron chi connectivity index (χ4n) is 4.76. The van der Waals surface area contributed by atoms with E-state index in [1.54, 1.807) is 11.3 Å². The van der Waals surface area contributed by atoms with E-state index in [9.17, 15) is 5.11 Å². The predicted octanol–water partition coefficient (Wildman–Crippen LogP) is 3.38. The Morgan fingerprint density at radius 3 is 2.85 bits per heavy atom. The molecule has 0 bridgehead atoms. The number of hydrogen-bond acceptors (Lipinski definition) is 5. The molecule has 0 amide bonds. The molecule has 1 aliphatic carbocycles. The van der Waals surface area contributed by atoms with Gasteiger partial charge < -0.3 is 5.11 Å². The first-order valence-corrected chi connectivity index (χ1v) is 11.3. The number of nitrogens with zero attached hydrogens (tertiary/aromatic N) is 4. The normalized spacial score (nSPS) is 23.1. The summed E-state index contributed by atoms with van der Waals surface area (Å²) in [5.74, 6) is 0.869. The summed E-state index contributed by atoms with van der Waals surface area (Å²) in [6, 6.07) is 4.80. The Balaban J connectivity index is 1.38. The minimum Gasteiger partial charge on any atom is -0.396 e. The second-order valence-electron chi connectivity index (χ2n) is 8.08. The Bertz CT molecular complexity index is 680. The average Bonchev–Trinajstić information content (AvgIpc) is 3.36. The zero-order valence-corrected chi connectivity index (χ0v) is 17.0. The van der Waals surface area contributed by atoms with Gasteiger partial charge in [-0.25, -0.2) is 4.98 Å². The number of rotatable bonds is 7. The summed E-state index contributed by atoms with van der Waals surface area (Å²) in [4.78, 5) is 9.68. The molecule has 1 N–H and O–H groups in total. The van der Waals surface area contributed by atoms with E-state index < -0.39 is 0 Å². The van der Waals surface area contributed by atoms with Gasteiger partial charge in [-0.1, -0.05) is 19.3 Å². The van der Waals surface area contributed by atoms with E-state index in [1.807, 2.05) is 11.6 Å². The third kappa shape index (κ3) is 4.80. The molecule has 2 fully saturated rings. The predicted molar refractivity (Wildman–Crippen MR) is 110 cm³/mol. The van der Waals surface area contributed by atoms with Crippen LogP contribution in [0, 0.1) is 5.92 Å². The fourth-order valence-corrected chi connectivity index (χ4v) is 5.42. The van der Waals surface area contributed by atoms with Gasteiger partial charge in [-0.2, -0.15) is 0 Å². The summed E-state index contributed by atoms with van der Waals surface area (Å²) in [6.07, 6.45) is 11.9. The first-order chi connectivity index (χ1) is 13.3. The largest absolute Gasteiger partial charge is 0.396 e. The third-order valence-electron chi connectivity index (χ3n) is 6.21. The molecule has 5 nitrogen and oxygen atoms in total. The van der Waals surface area contributed by atoms with Crippen LogP contribution in [0.2, 0.25) is 0 Å². The summed E-state index contributed by atoms with van der Waals surface area (Å²) >= 11 is 1.68. The highest BCUT2D eigenvalue weighted by Crippen LogP contribution is 2.27. The van der Waals surface area contributed by atoms with Crippen LogP contribution in [0.15, 0.2) is 29.9 Å². The highest BCUT2D eigenvalue weighted by molar-refractivity contribution is 7.12. The SMILES string of the molecule is OCC[C@@H]1CN(Cc2cccn2-c2nccs2)CCN1CC1CCCCC1. The number of piperazine rings is 1. The second-order valence-corrected chi connectivity index (χ2v) is 8.96.